The predicted octanol–water partition coefficient (Wildman–Crippen LogP) is 3.44. The molecule has 2 aromatic rings. The summed E-state index contributed by atoms with van der Waals surface area (Å²) >= 11 is 3.74. The fourth-order valence-electron chi connectivity index (χ4n) is 2.04. The van der Waals surface area contributed by atoms with Crippen LogP contribution < -0.4 is 10.6 Å². The lowest BCUT2D eigenvalue weighted by Crippen LogP contribution is -2.28. The molecule has 0 saturated heterocycles. The van der Waals surface area contributed by atoms with E-state index < -0.39 is 0 Å². The number of hydrogen-bond donors (Lipinski definition) is 1. The summed E-state index contributed by atoms with van der Waals surface area (Å²) in [6.07, 6.45) is 0. The van der Waals surface area contributed by atoms with Crippen LogP contribution in [0.3, 0.4) is 0 Å². The van der Waals surface area contributed by atoms with Gasteiger partial charge >= 0.3 is 0 Å². The van der Waals surface area contributed by atoms with Gasteiger partial charge in [-0.05, 0) is 29.6 Å². The number of thiophene rings is 1. The minimum atomic E-state index is 0.849. The molecule has 3 rings (SSSR count). The second kappa shape index (κ2) is 4.63. The van der Waals surface area contributed by atoms with Gasteiger partial charge in [-0.2, -0.15) is 0 Å². The van der Waals surface area contributed by atoms with Gasteiger partial charge in [-0.1, -0.05) is 6.07 Å². The average molecular weight is 262 g/mol. The van der Waals surface area contributed by atoms with Crippen LogP contribution >= 0.6 is 23.1 Å². The number of fused-ring (bicyclic) bond motifs is 1. The van der Waals surface area contributed by atoms with Crippen LogP contribution in [-0.4, -0.2) is 12.3 Å². The van der Waals surface area contributed by atoms with E-state index in [1.165, 1.54) is 15.5 Å². The van der Waals surface area contributed by atoms with Gasteiger partial charge in [0.15, 0.2) is 0 Å². The fraction of sp³-hybridized carbons (Fsp3) is 0.231. The van der Waals surface area contributed by atoms with E-state index in [-0.39, 0.29) is 0 Å². The van der Waals surface area contributed by atoms with Crippen LogP contribution in [0.2, 0.25) is 0 Å². The van der Waals surface area contributed by atoms with Crippen molar-refractivity contribution in [1.29, 1.82) is 0 Å². The number of nitrogens with zero attached hydrogens (tertiary/aromatic N) is 1. The largest absolute Gasteiger partial charge is 0.399 e. The van der Waals surface area contributed by atoms with Crippen molar-refractivity contribution in [2.24, 2.45) is 0 Å². The summed E-state index contributed by atoms with van der Waals surface area (Å²) in [5.74, 6) is 1.16. The SMILES string of the molecule is Nc1ccc2c(c1)N(Cc1cccs1)CCS2. The van der Waals surface area contributed by atoms with Gasteiger partial charge in [-0.3, -0.25) is 0 Å². The minimum Gasteiger partial charge on any atom is -0.399 e. The van der Waals surface area contributed by atoms with Gasteiger partial charge in [0, 0.05) is 27.8 Å². The lowest BCUT2D eigenvalue weighted by Gasteiger charge is -2.30. The summed E-state index contributed by atoms with van der Waals surface area (Å²) < 4.78 is 0. The van der Waals surface area contributed by atoms with Crippen LogP contribution in [-0.2, 0) is 6.54 Å². The number of nitrogens with two attached hydrogens (primary N) is 1. The van der Waals surface area contributed by atoms with Crippen molar-refractivity contribution in [2.45, 2.75) is 11.4 Å². The van der Waals surface area contributed by atoms with Crippen molar-refractivity contribution < 1.29 is 0 Å². The molecule has 88 valence electrons. The molecule has 1 aliphatic rings. The van der Waals surface area contributed by atoms with E-state index in [0.717, 1.165) is 24.5 Å². The molecule has 0 bridgehead atoms. The van der Waals surface area contributed by atoms with Gasteiger partial charge in [-0.15, -0.1) is 23.1 Å². The van der Waals surface area contributed by atoms with Gasteiger partial charge in [-0.25, -0.2) is 0 Å². The van der Waals surface area contributed by atoms with E-state index in [9.17, 15) is 0 Å². The summed E-state index contributed by atoms with van der Waals surface area (Å²) in [7, 11) is 0. The third-order valence-corrected chi connectivity index (χ3v) is 4.77. The van der Waals surface area contributed by atoms with Crippen molar-refractivity contribution in [2.75, 3.05) is 22.9 Å². The van der Waals surface area contributed by atoms with Crippen molar-refractivity contribution in [3.8, 4) is 0 Å². The molecule has 4 heteroatoms. The van der Waals surface area contributed by atoms with E-state index in [1.54, 1.807) is 0 Å². The monoisotopic (exact) mass is 262 g/mol. The number of hydrogen-bond acceptors (Lipinski definition) is 4. The van der Waals surface area contributed by atoms with Crippen molar-refractivity contribution in [3.05, 3.63) is 40.6 Å². The second-order valence-electron chi connectivity index (χ2n) is 4.08. The molecule has 1 aromatic carbocycles. The van der Waals surface area contributed by atoms with Crippen LogP contribution in [0.5, 0.6) is 0 Å². The highest BCUT2D eigenvalue weighted by Crippen LogP contribution is 2.36. The van der Waals surface area contributed by atoms with Crippen LogP contribution in [0.1, 0.15) is 4.88 Å². The third-order valence-electron chi connectivity index (χ3n) is 2.87. The molecule has 17 heavy (non-hydrogen) atoms. The smallest absolute Gasteiger partial charge is 0.0528 e. The highest BCUT2D eigenvalue weighted by Gasteiger charge is 2.17. The molecule has 1 aromatic heterocycles. The zero-order valence-electron chi connectivity index (χ0n) is 9.43. The fourth-order valence-corrected chi connectivity index (χ4v) is 3.80. The molecule has 2 N–H and O–H groups in total. The Balaban J connectivity index is 1.90. The zero-order valence-corrected chi connectivity index (χ0v) is 11.1. The molecular weight excluding hydrogens is 248 g/mol. The topological polar surface area (TPSA) is 29.3 Å². The molecule has 2 heterocycles. The summed E-state index contributed by atoms with van der Waals surface area (Å²) in [4.78, 5) is 5.18. The summed E-state index contributed by atoms with van der Waals surface area (Å²) in [6.45, 7) is 2.09. The van der Waals surface area contributed by atoms with Gasteiger partial charge in [0.2, 0.25) is 0 Å². The Morgan fingerprint density at radius 3 is 3.06 bits per heavy atom. The van der Waals surface area contributed by atoms with Crippen LogP contribution in [0, 0.1) is 0 Å². The minimum absolute atomic E-state index is 0.849. The van der Waals surface area contributed by atoms with E-state index in [4.69, 9.17) is 5.73 Å². The maximum atomic E-state index is 5.88. The standard InChI is InChI=1S/C13H14N2S2/c14-10-3-4-13-12(8-10)15(5-7-17-13)9-11-2-1-6-16-11/h1-4,6,8H,5,7,9,14H2. The van der Waals surface area contributed by atoms with Crippen LogP contribution in [0.25, 0.3) is 0 Å². The molecule has 0 spiro atoms. The Morgan fingerprint density at radius 1 is 1.29 bits per heavy atom. The van der Waals surface area contributed by atoms with Gasteiger partial charge in [0.05, 0.1) is 12.2 Å². The van der Waals surface area contributed by atoms with Crippen LogP contribution in [0.4, 0.5) is 11.4 Å². The molecule has 0 fully saturated rings. The maximum absolute atomic E-state index is 5.88. The van der Waals surface area contributed by atoms with Gasteiger partial charge < -0.3 is 10.6 Å². The first-order valence-electron chi connectivity index (χ1n) is 5.62. The third kappa shape index (κ3) is 2.28. The normalized spacial score (nSPS) is 14.7. The molecule has 0 unspecified atom stereocenters. The Labute approximate surface area is 109 Å². The number of thioether (sulfide) groups is 1. The number of benzene rings is 1. The average Bonchev–Trinajstić information content (AvgIpc) is 2.83. The first-order chi connectivity index (χ1) is 8.33. The van der Waals surface area contributed by atoms with Crippen molar-refractivity contribution in [3.63, 3.8) is 0 Å². The molecule has 0 saturated carbocycles. The van der Waals surface area contributed by atoms with E-state index in [1.807, 2.05) is 29.2 Å². The lowest BCUT2D eigenvalue weighted by molar-refractivity contribution is 0.827. The molecular formula is C13H14N2S2. The molecule has 1 aliphatic heterocycles. The highest BCUT2D eigenvalue weighted by atomic mass is 32.2. The number of rotatable bonds is 2. The molecule has 0 amide bonds. The van der Waals surface area contributed by atoms with Gasteiger partial charge in [0.25, 0.3) is 0 Å². The lowest BCUT2D eigenvalue weighted by atomic mass is 10.2. The zero-order chi connectivity index (χ0) is 11.7. The molecule has 0 aliphatic carbocycles. The van der Waals surface area contributed by atoms with Crippen molar-refractivity contribution >= 4 is 34.5 Å². The number of nitrogen functional groups attached to an aromatic ring is 1. The first-order valence-corrected chi connectivity index (χ1v) is 7.49. The van der Waals surface area contributed by atoms with Crippen molar-refractivity contribution in [1.82, 2.24) is 0 Å². The first kappa shape index (κ1) is 11.0. The highest BCUT2D eigenvalue weighted by molar-refractivity contribution is 7.99. The molecule has 2 nitrogen and oxygen atoms in total. The Kier molecular flexibility index (Phi) is 2.99. The van der Waals surface area contributed by atoms with E-state index in [0.29, 0.717) is 0 Å². The summed E-state index contributed by atoms with van der Waals surface area (Å²) in [5.41, 5.74) is 8.02. The Morgan fingerprint density at radius 2 is 2.24 bits per heavy atom. The quantitative estimate of drug-likeness (QED) is 0.841. The second-order valence-corrected chi connectivity index (χ2v) is 6.25. The maximum Gasteiger partial charge on any atom is 0.0528 e. The molecule has 0 atom stereocenters. The predicted molar refractivity (Wildman–Crippen MR) is 76.9 cm³/mol. The van der Waals surface area contributed by atoms with Gasteiger partial charge in [0.1, 0.15) is 0 Å². The molecule has 0 radical (unpaired) electrons. The summed E-state index contributed by atoms with van der Waals surface area (Å²) in [5, 5.41) is 2.13. The summed E-state index contributed by atoms with van der Waals surface area (Å²) in [6, 6.07) is 10.5. The van der Waals surface area contributed by atoms with Crippen LogP contribution in [0.15, 0.2) is 40.6 Å². The van der Waals surface area contributed by atoms with E-state index in [2.05, 4.69) is 34.5 Å². The Hall–Kier alpha value is -1.13. The Bertz CT molecular complexity index is 508. The van der Waals surface area contributed by atoms with E-state index >= 15 is 0 Å². The number of anilines is 2.